The zero-order chi connectivity index (χ0) is 12.9. The Morgan fingerprint density at radius 2 is 2.12 bits per heavy atom. The molecule has 0 atom stereocenters. The van der Waals surface area contributed by atoms with Crippen LogP contribution in [-0.4, -0.2) is 18.8 Å². The molecule has 0 saturated carbocycles. The molecule has 1 aromatic rings. The molecule has 0 bridgehead atoms. The van der Waals surface area contributed by atoms with Crippen LogP contribution in [0.5, 0.6) is 0 Å². The molecule has 0 heterocycles. The Morgan fingerprint density at radius 1 is 1.41 bits per heavy atom. The fourth-order valence-electron chi connectivity index (χ4n) is 1.61. The number of hydrogen-bond donors (Lipinski definition) is 1. The fourth-order valence-corrected chi connectivity index (χ4v) is 1.94. The quantitative estimate of drug-likeness (QED) is 0.868. The van der Waals surface area contributed by atoms with Gasteiger partial charge in [0.2, 0.25) is 0 Å². The summed E-state index contributed by atoms with van der Waals surface area (Å²) in [5.41, 5.74) is 0.445. The van der Waals surface area contributed by atoms with Gasteiger partial charge in [0.05, 0.1) is 5.60 Å². The van der Waals surface area contributed by atoms with Gasteiger partial charge < -0.3 is 10.1 Å². The minimum Gasteiger partial charge on any atom is -0.375 e. The molecule has 96 valence electrons. The summed E-state index contributed by atoms with van der Waals surface area (Å²) in [6.45, 7) is 7.88. The van der Waals surface area contributed by atoms with Crippen molar-refractivity contribution in [2.45, 2.75) is 32.9 Å². The van der Waals surface area contributed by atoms with E-state index in [4.69, 9.17) is 4.74 Å². The lowest BCUT2D eigenvalue weighted by Gasteiger charge is -2.25. The molecule has 0 amide bonds. The van der Waals surface area contributed by atoms with Crippen LogP contribution in [0.4, 0.5) is 4.39 Å². The predicted molar refractivity (Wildman–Crippen MR) is 71.5 cm³/mol. The summed E-state index contributed by atoms with van der Waals surface area (Å²) in [4.78, 5) is 0. The molecule has 0 unspecified atom stereocenters. The summed E-state index contributed by atoms with van der Waals surface area (Å²) in [7, 11) is 0. The molecular weight excluding hydrogens is 285 g/mol. The van der Waals surface area contributed by atoms with Gasteiger partial charge in [-0.2, -0.15) is 0 Å². The van der Waals surface area contributed by atoms with Crippen molar-refractivity contribution in [2.75, 3.05) is 13.2 Å². The first-order chi connectivity index (χ1) is 7.94. The summed E-state index contributed by atoms with van der Waals surface area (Å²) < 4.78 is 19.8. The van der Waals surface area contributed by atoms with E-state index in [9.17, 15) is 4.39 Å². The first kappa shape index (κ1) is 14.6. The highest BCUT2D eigenvalue weighted by atomic mass is 79.9. The third-order valence-electron chi connectivity index (χ3n) is 2.42. The molecule has 0 saturated heterocycles. The topological polar surface area (TPSA) is 21.3 Å². The van der Waals surface area contributed by atoms with E-state index in [1.165, 1.54) is 6.07 Å². The van der Waals surface area contributed by atoms with Crippen LogP contribution >= 0.6 is 15.9 Å². The van der Waals surface area contributed by atoms with Gasteiger partial charge in [0.1, 0.15) is 5.82 Å². The largest absolute Gasteiger partial charge is 0.375 e. The van der Waals surface area contributed by atoms with Gasteiger partial charge in [-0.25, -0.2) is 4.39 Å². The zero-order valence-corrected chi connectivity index (χ0v) is 12.1. The highest BCUT2D eigenvalue weighted by Crippen LogP contribution is 2.15. The van der Waals surface area contributed by atoms with Crippen molar-refractivity contribution in [1.82, 2.24) is 5.32 Å². The monoisotopic (exact) mass is 303 g/mol. The van der Waals surface area contributed by atoms with Crippen LogP contribution in [0.2, 0.25) is 0 Å². The maximum Gasteiger partial charge on any atom is 0.128 e. The Bertz CT molecular complexity index is 368. The molecule has 0 aliphatic rings. The van der Waals surface area contributed by atoms with E-state index < -0.39 is 0 Å². The molecule has 1 N–H and O–H groups in total. The molecule has 0 aliphatic carbocycles. The molecule has 0 aromatic heterocycles. The van der Waals surface area contributed by atoms with Gasteiger partial charge >= 0.3 is 0 Å². The lowest BCUT2D eigenvalue weighted by molar-refractivity contribution is -0.00901. The van der Waals surface area contributed by atoms with Crippen molar-refractivity contribution in [1.29, 1.82) is 0 Å². The van der Waals surface area contributed by atoms with E-state index in [0.29, 0.717) is 25.3 Å². The van der Waals surface area contributed by atoms with Crippen molar-refractivity contribution < 1.29 is 9.13 Å². The van der Waals surface area contributed by atoms with E-state index in [1.54, 1.807) is 6.07 Å². The maximum absolute atomic E-state index is 13.5. The number of rotatable bonds is 6. The van der Waals surface area contributed by atoms with E-state index in [1.807, 2.05) is 26.8 Å². The smallest absolute Gasteiger partial charge is 0.128 e. The van der Waals surface area contributed by atoms with Crippen molar-refractivity contribution in [3.63, 3.8) is 0 Å². The normalized spacial score (nSPS) is 11.8. The van der Waals surface area contributed by atoms with Gasteiger partial charge in [0.25, 0.3) is 0 Å². The lowest BCUT2D eigenvalue weighted by atomic mass is 10.1. The maximum atomic E-state index is 13.5. The molecule has 0 spiro atoms. The summed E-state index contributed by atoms with van der Waals surface area (Å²) in [5.74, 6) is -0.193. The van der Waals surface area contributed by atoms with Crippen molar-refractivity contribution in [2.24, 2.45) is 0 Å². The van der Waals surface area contributed by atoms with Crippen LogP contribution in [0.1, 0.15) is 26.3 Å². The van der Waals surface area contributed by atoms with Gasteiger partial charge in [-0.1, -0.05) is 22.0 Å². The first-order valence-corrected chi connectivity index (χ1v) is 6.52. The Morgan fingerprint density at radius 3 is 2.71 bits per heavy atom. The highest BCUT2D eigenvalue weighted by Gasteiger charge is 2.16. The standard InChI is InChI=1S/C13H19BrFNO/c1-4-17-13(2,3)9-16-8-10-5-6-11(14)7-12(10)15/h5-7,16H,4,8-9H2,1-3H3. The van der Waals surface area contributed by atoms with Gasteiger partial charge in [-0.15, -0.1) is 0 Å². The third-order valence-corrected chi connectivity index (χ3v) is 2.91. The summed E-state index contributed by atoms with van der Waals surface area (Å²) in [6.07, 6.45) is 0. The molecule has 0 radical (unpaired) electrons. The highest BCUT2D eigenvalue weighted by molar-refractivity contribution is 9.10. The third kappa shape index (κ3) is 5.15. The summed E-state index contributed by atoms with van der Waals surface area (Å²) >= 11 is 3.24. The molecular formula is C13H19BrFNO. The van der Waals surface area contributed by atoms with E-state index >= 15 is 0 Å². The van der Waals surface area contributed by atoms with Gasteiger partial charge in [0, 0.05) is 29.7 Å². The molecule has 1 rings (SSSR count). The first-order valence-electron chi connectivity index (χ1n) is 5.73. The minimum absolute atomic E-state index is 0.193. The van der Waals surface area contributed by atoms with Crippen LogP contribution in [-0.2, 0) is 11.3 Å². The molecule has 2 nitrogen and oxygen atoms in total. The van der Waals surface area contributed by atoms with Crippen LogP contribution in [0.25, 0.3) is 0 Å². The fraction of sp³-hybridized carbons (Fsp3) is 0.538. The second-order valence-electron chi connectivity index (χ2n) is 4.53. The number of nitrogens with one attached hydrogen (secondary N) is 1. The Balaban J connectivity index is 2.46. The molecule has 1 aromatic carbocycles. The average Bonchev–Trinajstić information content (AvgIpc) is 2.21. The number of hydrogen-bond acceptors (Lipinski definition) is 2. The van der Waals surface area contributed by atoms with Crippen molar-refractivity contribution in [3.8, 4) is 0 Å². The van der Waals surface area contributed by atoms with Crippen molar-refractivity contribution >= 4 is 15.9 Å². The molecule has 17 heavy (non-hydrogen) atoms. The second kappa shape index (κ2) is 6.47. The summed E-state index contributed by atoms with van der Waals surface area (Å²) in [6, 6.07) is 5.10. The SMILES string of the molecule is CCOC(C)(C)CNCc1ccc(Br)cc1F. The second-order valence-corrected chi connectivity index (χ2v) is 5.45. The van der Waals surface area contributed by atoms with Crippen LogP contribution in [0.3, 0.4) is 0 Å². The predicted octanol–water partition coefficient (Wildman–Crippen LogP) is 3.49. The van der Waals surface area contributed by atoms with Crippen LogP contribution in [0.15, 0.2) is 22.7 Å². The van der Waals surface area contributed by atoms with Crippen LogP contribution < -0.4 is 5.32 Å². The van der Waals surface area contributed by atoms with E-state index in [-0.39, 0.29) is 11.4 Å². The van der Waals surface area contributed by atoms with Gasteiger partial charge in [-0.3, -0.25) is 0 Å². The Kier molecular flexibility index (Phi) is 5.56. The number of benzene rings is 1. The minimum atomic E-state index is -0.222. The average molecular weight is 304 g/mol. The Hall–Kier alpha value is -0.450. The molecule has 0 fully saturated rings. The van der Waals surface area contributed by atoms with Crippen LogP contribution in [0, 0.1) is 5.82 Å². The van der Waals surface area contributed by atoms with Crippen molar-refractivity contribution in [3.05, 3.63) is 34.1 Å². The summed E-state index contributed by atoms with van der Waals surface area (Å²) in [5, 5.41) is 3.21. The van der Waals surface area contributed by atoms with E-state index in [0.717, 1.165) is 4.47 Å². The molecule has 4 heteroatoms. The van der Waals surface area contributed by atoms with E-state index in [2.05, 4.69) is 21.2 Å². The van der Waals surface area contributed by atoms with Gasteiger partial charge in [-0.05, 0) is 32.9 Å². The molecule has 0 aliphatic heterocycles. The Labute approximate surface area is 111 Å². The number of ether oxygens (including phenoxy) is 1. The zero-order valence-electron chi connectivity index (χ0n) is 10.5. The number of halogens is 2. The van der Waals surface area contributed by atoms with Gasteiger partial charge in [0.15, 0.2) is 0 Å². The lowest BCUT2D eigenvalue weighted by Crippen LogP contribution is -2.37.